The van der Waals surface area contributed by atoms with Crippen LogP contribution < -0.4 is 0 Å². The van der Waals surface area contributed by atoms with Gasteiger partial charge in [0.05, 0.1) is 11.4 Å². The highest BCUT2D eigenvalue weighted by atomic mass is 127. The topological polar surface area (TPSA) is 28.7 Å². The van der Waals surface area contributed by atoms with Crippen molar-refractivity contribution in [2.24, 2.45) is 0 Å². The fourth-order valence-electron chi connectivity index (χ4n) is 3.56. The molecule has 1 heterocycles. The molecule has 4 aromatic carbocycles. The molecule has 3 heteroatoms. The van der Waals surface area contributed by atoms with Crippen molar-refractivity contribution in [1.29, 1.82) is 0 Å². The molecule has 0 fully saturated rings. The van der Waals surface area contributed by atoms with Gasteiger partial charge < -0.3 is 4.98 Å². The van der Waals surface area contributed by atoms with Crippen LogP contribution in [0.3, 0.4) is 0 Å². The van der Waals surface area contributed by atoms with E-state index in [0.29, 0.717) is 0 Å². The van der Waals surface area contributed by atoms with E-state index in [4.69, 9.17) is 4.98 Å². The van der Waals surface area contributed by atoms with Gasteiger partial charge in [-0.25, -0.2) is 4.98 Å². The minimum atomic E-state index is 0.887. The van der Waals surface area contributed by atoms with Crippen LogP contribution in [0.15, 0.2) is 97.1 Å². The van der Waals surface area contributed by atoms with Crippen molar-refractivity contribution in [2.45, 2.75) is 0 Å². The lowest BCUT2D eigenvalue weighted by atomic mass is 9.99. The molecule has 0 unspecified atom stereocenters. The number of imidazole rings is 1. The summed E-state index contributed by atoms with van der Waals surface area (Å²) in [6.07, 6.45) is 0. The van der Waals surface area contributed by atoms with Gasteiger partial charge in [-0.05, 0) is 45.5 Å². The highest BCUT2D eigenvalue weighted by Crippen LogP contribution is 2.36. The van der Waals surface area contributed by atoms with E-state index in [2.05, 4.69) is 119 Å². The molecule has 0 aliphatic carbocycles. The fraction of sp³-hybridized carbons (Fsp3) is 0. The van der Waals surface area contributed by atoms with E-state index in [-0.39, 0.29) is 0 Å². The number of hydrogen-bond donors (Lipinski definition) is 1. The van der Waals surface area contributed by atoms with Crippen molar-refractivity contribution in [2.75, 3.05) is 0 Å². The van der Waals surface area contributed by atoms with Gasteiger partial charge in [0, 0.05) is 20.3 Å². The number of aromatic amines is 1. The van der Waals surface area contributed by atoms with Crippen LogP contribution in [0.5, 0.6) is 0 Å². The molecule has 0 atom stereocenters. The highest BCUT2D eigenvalue weighted by molar-refractivity contribution is 14.1. The second-order valence-electron chi connectivity index (χ2n) is 6.71. The van der Waals surface area contributed by atoms with Crippen LogP contribution in [-0.4, -0.2) is 9.97 Å². The molecule has 134 valence electrons. The smallest absolute Gasteiger partial charge is 0.138 e. The first-order chi connectivity index (χ1) is 13.8. The predicted molar refractivity (Wildman–Crippen MR) is 125 cm³/mol. The molecule has 0 amide bonds. The molecule has 0 aliphatic heterocycles. The lowest BCUT2D eigenvalue weighted by molar-refractivity contribution is 1.31. The molecule has 0 radical (unpaired) electrons. The second-order valence-corrected chi connectivity index (χ2v) is 7.95. The first-order valence-electron chi connectivity index (χ1n) is 9.19. The summed E-state index contributed by atoms with van der Waals surface area (Å²) in [5.41, 5.74) is 5.39. The number of H-pyrrole nitrogens is 1. The third-order valence-corrected chi connectivity index (χ3v) is 5.65. The molecule has 5 aromatic rings. The van der Waals surface area contributed by atoms with Crippen LogP contribution in [-0.2, 0) is 0 Å². The SMILES string of the molecule is Ic1ccc(-c2nc(-c3ccccc3)c(-c3cccc4ccccc34)[nH]2)cc1. The minimum Gasteiger partial charge on any atom is -0.337 e. The van der Waals surface area contributed by atoms with Crippen LogP contribution in [0.2, 0.25) is 0 Å². The second kappa shape index (κ2) is 7.24. The molecular weight excluding hydrogens is 455 g/mol. The Kier molecular flexibility index (Phi) is 4.45. The molecule has 0 spiro atoms. The van der Waals surface area contributed by atoms with Crippen LogP contribution >= 0.6 is 22.6 Å². The van der Waals surface area contributed by atoms with E-state index in [1.807, 2.05) is 6.07 Å². The number of benzene rings is 4. The van der Waals surface area contributed by atoms with Gasteiger partial charge in [-0.3, -0.25) is 0 Å². The molecule has 2 nitrogen and oxygen atoms in total. The summed E-state index contributed by atoms with van der Waals surface area (Å²) in [5.74, 6) is 0.887. The molecule has 0 bridgehead atoms. The normalized spacial score (nSPS) is 11.0. The summed E-state index contributed by atoms with van der Waals surface area (Å²) in [6, 6.07) is 33.7. The van der Waals surface area contributed by atoms with Gasteiger partial charge in [-0.2, -0.15) is 0 Å². The Morgan fingerprint density at radius 2 is 1.36 bits per heavy atom. The zero-order valence-corrected chi connectivity index (χ0v) is 17.2. The molecule has 0 saturated carbocycles. The maximum Gasteiger partial charge on any atom is 0.138 e. The quantitative estimate of drug-likeness (QED) is 0.277. The predicted octanol–water partition coefficient (Wildman–Crippen LogP) is 7.17. The molecule has 28 heavy (non-hydrogen) atoms. The molecule has 1 N–H and O–H groups in total. The van der Waals surface area contributed by atoms with Crippen LogP contribution in [0.1, 0.15) is 0 Å². The number of fused-ring (bicyclic) bond motifs is 1. The Hall–Kier alpha value is -2.92. The number of halogens is 1. The molecule has 5 rings (SSSR count). The first kappa shape index (κ1) is 17.2. The van der Waals surface area contributed by atoms with Gasteiger partial charge in [0.2, 0.25) is 0 Å². The standard InChI is InChI=1S/C25H17IN2/c26-20-15-13-19(14-16-20)25-27-23(18-8-2-1-3-9-18)24(28-25)22-12-6-10-17-7-4-5-11-21(17)22/h1-16H,(H,27,28). The lowest BCUT2D eigenvalue weighted by Crippen LogP contribution is -1.85. The number of nitrogens with one attached hydrogen (secondary N) is 1. The summed E-state index contributed by atoms with van der Waals surface area (Å²) in [7, 11) is 0. The van der Waals surface area contributed by atoms with Crippen molar-refractivity contribution in [1.82, 2.24) is 9.97 Å². The Labute approximate surface area is 177 Å². The summed E-state index contributed by atoms with van der Waals surface area (Å²) in [5, 5.41) is 2.45. The lowest BCUT2D eigenvalue weighted by Gasteiger charge is -2.07. The number of aromatic nitrogens is 2. The van der Waals surface area contributed by atoms with Crippen LogP contribution in [0, 0.1) is 3.57 Å². The third-order valence-electron chi connectivity index (χ3n) is 4.93. The van der Waals surface area contributed by atoms with Crippen LogP contribution in [0.25, 0.3) is 44.7 Å². The number of hydrogen-bond acceptors (Lipinski definition) is 1. The van der Waals surface area contributed by atoms with Crippen molar-refractivity contribution < 1.29 is 0 Å². The molecule has 0 aliphatic rings. The van der Waals surface area contributed by atoms with E-state index < -0.39 is 0 Å². The van der Waals surface area contributed by atoms with E-state index in [1.165, 1.54) is 19.9 Å². The fourth-order valence-corrected chi connectivity index (χ4v) is 3.92. The van der Waals surface area contributed by atoms with E-state index >= 15 is 0 Å². The average Bonchev–Trinajstić information content (AvgIpc) is 3.20. The summed E-state index contributed by atoms with van der Waals surface area (Å²) in [4.78, 5) is 8.62. The molecule has 0 saturated heterocycles. The Morgan fingerprint density at radius 1 is 0.643 bits per heavy atom. The van der Waals surface area contributed by atoms with Gasteiger partial charge in [0.25, 0.3) is 0 Å². The monoisotopic (exact) mass is 472 g/mol. The zero-order valence-electron chi connectivity index (χ0n) is 15.1. The summed E-state index contributed by atoms with van der Waals surface area (Å²) in [6.45, 7) is 0. The highest BCUT2D eigenvalue weighted by Gasteiger charge is 2.16. The maximum atomic E-state index is 5.01. The minimum absolute atomic E-state index is 0.887. The Morgan fingerprint density at radius 3 is 2.18 bits per heavy atom. The summed E-state index contributed by atoms with van der Waals surface area (Å²) >= 11 is 2.33. The molecular formula is C25H17IN2. The maximum absolute atomic E-state index is 5.01. The Balaban J connectivity index is 1.77. The largest absolute Gasteiger partial charge is 0.337 e. The van der Waals surface area contributed by atoms with Gasteiger partial charge in [0.15, 0.2) is 0 Å². The first-order valence-corrected chi connectivity index (χ1v) is 10.3. The molecule has 1 aromatic heterocycles. The van der Waals surface area contributed by atoms with Gasteiger partial charge in [-0.1, -0.05) is 84.9 Å². The third kappa shape index (κ3) is 3.12. The van der Waals surface area contributed by atoms with Crippen molar-refractivity contribution in [3.63, 3.8) is 0 Å². The van der Waals surface area contributed by atoms with Crippen LogP contribution in [0.4, 0.5) is 0 Å². The number of rotatable bonds is 3. The van der Waals surface area contributed by atoms with Crippen molar-refractivity contribution in [3.8, 4) is 33.9 Å². The average molecular weight is 472 g/mol. The van der Waals surface area contributed by atoms with E-state index in [1.54, 1.807) is 0 Å². The van der Waals surface area contributed by atoms with E-state index in [0.717, 1.165) is 28.3 Å². The number of nitrogens with zero attached hydrogens (tertiary/aromatic N) is 1. The Bertz CT molecular complexity index is 1250. The van der Waals surface area contributed by atoms with Gasteiger partial charge in [-0.15, -0.1) is 0 Å². The van der Waals surface area contributed by atoms with Gasteiger partial charge in [0.1, 0.15) is 5.82 Å². The van der Waals surface area contributed by atoms with E-state index in [9.17, 15) is 0 Å². The van der Waals surface area contributed by atoms with Crippen molar-refractivity contribution in [3.05, 3.63) is 101 Å². The summed E-state index contributed by atoms with van der Waals surface area (Å²) < 4.78 is 1.21. The zero-order chi connectivity index (χ0) is 18.9. The van der Waals surface area contributed by atoms with Crippen molar-refractivity contribution >= 4 is 33.4 Å². The van der Waals surface area contributed by atoms with Gasteiger partial charge >= 0.3 is 0 Å².